The molecule has 2 aromatic carbocycles. The number of alkyl halides is 3. The molecule has 0 radical (unpaired) electrons. The highest BCUT2D eigenvalue weighted by atomic mass is 19.4. The van der Waals surface area contributed by atoms with Crippen molar-refractivity contribution in [3.8, 4) is 0 Å². The number of halogens is 3. The molecule has 0 fully saturated rings. The molecule has 0 aromatic heterocycles. The molecule has 0 N–H and O–H groups in total. The van der Waals surface area contributed by atoms with Crippen LogP contribution in [0.4, 0.5) is 13.2 Å². The lowest BCUT2D eigenvalue weighted by Crippen LogP contribution is -2.16. The fourth-order valence-corrected chi connectivity index (χ4v) is 2.57. The highest BCUT2D eigenvalue weighted by Crippen LogP contribution is 2.36. The van der Waals surface area contributed by atoms with Crippen LogP contribution in [-0.2, 0) is 15.7 Å². The van der Waals surface area contributed by atoms with Gasteiger partial charge < -0.3 is 4.74 Å². The van der Waals surface area contributed by atoms with E-state index in [2.05, 4.69) is 0 Å². The lowest BCUT2D eigenvalue weighted by Gasteiger charge is -2.24. The molecule has 1 heterocycles. The van der Waals surface area contributed by atoms with Crippen LogP contribution in [0.5, 0.6) is 0 Å². The number of hydrogen-bond donors (Lipinski definition) is 0. The van der Waals surface area contributed by atoms with Gasteiger partial charge in [-0.2, -0.15) is 13.2 Å². The fraction of sp³-hybridized carbons (Fsp3) is 0.167. The number of cyclic esters (lactones) is 1. The average Bonchev–Trinajstić information content (AvgIpc) is 2.54. The van der Waals surface area contributed by atoms with Gasteiger partial charge in [0, 0.05) is 12.5 Å². The molecule has 2 nitrogen and oxygen atoms in total. The molecule has 0 saturated heterocycles. The third-order valence-electron chi connectivity index (χ3n) is 3.69. The summed E-state index contributed by atoms with van der Waals surface area (Å²) < 4.78 is 43.7. The van der Waals surface area contributed by atoms with Gasteiger partial charge >= 0.3 is 12.1 Å². The predicted molar refractivity (Wildman–Crippen MR) is 79.3 cm³/mol. The van der Waals surface area contributed by atoms with E-state index >= 15 is 0 Å². The summed E-state index contributed by atoms with van der Waals surface area (Å²) in [6.07, 6.45) is -3.41. The molecular formula is C18H13F3O2. The molecule has 3 rings (SSSR count). The van der Waals surface area contributed by atoms with Gasteiger partial charge in [0.1, 0.15) is 6.10 Å². The van der Waals surface area contributed by atoms with E-state index in [1.807, 2.05) is 30.3 Å². The van der Waals surface area contributed by atoms with Crippen LogP contribution in [-0.4, -0.2) is 5.97 Å². The first-order valence-corrected chi connectivity index (χ1v) is 7.07. The van der Waals surface area contributed by atoms with Crippen molar-refractivity contribution in [3.63, 3.8) is 0 Å². The second-order valence-electron chi connectivity index (χ2n) is 5.29. The summed E-state index contributed by atoms with van der Waals surface area (Å²) in [6.45, 7) is 0. The summed E-state index contributed by atoms with van der Waals surface area (Å²) in [6, 6.07) is 14.2. The molecule has 2 aromatic rings. The van der Waals surface area contributed by atoms with Crippen LogP contribution in [0, 0.1) is 0 Å². The normalized spacial score (nSPS) is 18.3. The maximum absolute atomic E-state index is 12.8. The number of rotatable bonds is 2. The second-order valence-corrected chi connectivity index (χ2v) is 5.29. The lowest BCUT2D eigenvalue weighted by molar-refractivity contribution is -0.144. The zero-order valence-electron chi connectivity index (χ0n) is 12.0. The SMILES string of the molecule is O=C1C=C(c2ccccc2)C[C@H](c2cccc(C(F)(F)F)c2)O1. The Morgan fingerprint density at radius 1 is 1.00 bits per heavy atom. The number of ether oxygens (including phenoxy) is 1. The Kier molecular flexibility index (Phi) is 3.94. The maximum Gasteiger partial charge on any atom is 0.416 e. The van der Waals surface area contributed by atoms with Gasteiger partial charge in [-0.1, -0.05) is 42.5 Å². The monoisotopic (exact) mass is 318 g/mol. The van der Waals surface area contributed by atoms with Crippen LogP contribution in [0.15, 0.2) is 60.7 Å². The third kappa shape index (κ3) is 3.44. The van der Waals surface area contributed by atoms with Gasteiger partial charge in [0.05, 0.1) is 5.56 Å². The molecule has 5 heteroatoms. The average molecular weight is 318 g/mol. The zero-order chi connectivity index (χ0) is 16.4. The molecule has 23 heavy (non-hydrogen) atoms. The summed E-state index contributed by atoms with van der Waals surface area (Å²) >= 11 is 0. The van der Waals surface area contributed by atoms with E-state index < -0.39 is 23.8 Å². The Bertz CT molecular complexity index is 748. The van der Waals surface area contributed by atoms with Crippen LogP contribution in [0.25, 0.3) is 5.57 Å². The van der Waals surface area contributed by atoms with E-state index in [0.717, 1.165) is 23.3 Å². The molecule has 0 unspecified atom stereocenters. The van der Waals surface area contributed by atoms with Gasteiger partial charge in [0.2, 0.25) is 0 Å². The van der Waals surface area contributed by atoms with Gasteiger partial charge in [-0.25, -0.2) is 4.79 Å². The van der Waals surface area contributed by atoms with Crippen molar-refractivity contribution in [3.05, 3.63) is 77.4 Å². The molecule has 1 aliphatic heterocycles. The highest BCUT2D eigenvalue weighted by Gasteiger charge is 2.32. The third-order valence-corrected chi connectivity index (χ3v) is 3.69. The zero-order valence-corrected chi connectivity index (χ0v) is 12.0. The Labute approximate surface area is 131 Å². The van der Waals surface area contributed by atoms with Gasteiger partial charge in [-0.15, -0.1) is 0 Å². The summed E-state index contributed by atoms with van der Waals surface area (Å²) in [4.78, 5) is 11.8. The molecule has 0 bridgehead atoms. The minimum atomic E-state index is -4.42. The predicted octanol–water partition coefficient (Wildman–Crippen LogP) is 4.78. The topological polar surface area (TPSA) is 26.3 Å². The number of esters is 1. The molecule has 118 valence electrons. The molecule has 0 aliphatic carbocycles. The minimum absolute atomic E-state index is 0.342. The standard InChI is InChI=1S/C18H13F3O2/c19-18(20,21)15-8-4-7-13(9-15)16-10-14(11-17(22)23-16)12-5-2-1-3-6-12/h1-9,11,16H,10H2/t16-/m1/s1. The Morgan fingerprint density at radius 2 is 1.74 bits per heavy atom. The Morgan fingerprint density at radius 3 is 2.43 bits per heavy atom. The van der Waals surface area contributed by atoms with Crippen LogP contribution in [0.1, 0.15) is 29.2 Å². The maximum atomic E-state index is 12.8. The van der Waals surface area contributed by atoms with Gasteiger partial charge in [0.15, 0.2) is 0 Å². The lowest BCUT2D eigenvalue weighted by atomic mass is 9.93. The van der Waals surface area contributed by atoms with Gasteiger partial charge in [0.25, 0.3) is 0 Å². The van der Waals surface area contributed by atoms with Crippen molar-refractivity contribution in [2.24, 2.45) is 0 Å². The second kappa shape index (κ2) is 5.91. The van der Waals surface area contributed by atoms with Crippen LogP contribution < -0.4 is 0 Å². The first-order chi connectivity index (χ1) is 10.9. The van der Waals surface area contributed by atoms with Gasteiger partial charge in [-0.3, -0.25) is 0 Å². The summed E-state index contributed by atoms with van der Waals surface area (Å²) in [7, 11) is 0. The van der Waals surface area contributed by atoms with Crippen LogP contribution in [0.3, 0.4) is 0 Å². The van der Waals surface area contributed by atoms with E-state index in [4.69, 9.17) is 4.74 Å². The van der Waals surface area contributed by atoms with Crippen LogP contribution in [0.2, 0.25) is 0 Å². The molecule has 0 saturated carbocycles. The van der Waals surface area contributed by atoms with Crippen molar-refractivity contribution >= 4 is 11.5 Å². The first kappa shape index (κ1) is 15.3. The molecule has 0 spiro atoms. The van der Waals surface area contributed by atoms with E-state index in [9.17, 15) is 18.0 Å². The smallest absolute Gasteiger partial charge is 0.416 e. The van der Waals surface area contributed by atoms with Crippen molar-refractivity contribution in [2.75, 3.05) is 0 Å². The first-order valence-electron chi connectivity index (χ1n) is 7.07. The molecule has 1 atom stereocenters. The fourth-order valence-electron chi connectivity index (χ4n) is 2.57. The van der Waals surface area contributed by atoms with Crippen molar-refractivity contribution < 1.29 is 22.7 Å². The molecule has 1 aliphatic rings. The van der Waals surface area contributed by atoms with E-state index in [0.29, 0.717) is 12.0 Å². The number of hydrogen-bond acceptors (Lipinski definition) is 2. The van der Waals surface area contributed by atoms with E-state index in [1.54, 1.807) is 6.07 Å². The highest BCUT2D eigenvalue weighted by molar-refractivity contribution is 5.93. The van der Waals surface area contributed by atoms with Crippen molar-refractivity contribution in [1.29, 1.82) is 0 Å². The largest absolute Gasteiger partial charge is 0.454 e. The Hall–Kier alpha value is -2.56. The van der Waals surface area contributed by atoms with Crippen molar-refractivity contribution in [1.82, 2.24) is 0 Å². The quantitative estimate of drug-likeness (QED) is 0.745. The molecule has 0 amide bonds. The number of carbonyl (C=O) groups is 1. The summed E-state index contributed by atoms with van der Waals surface area (Å²) in [5.74, 6) is -0.544. The summed E-state index contributed by atoms with van der Waals surface area (Å²) in [5, 5.41) is 0. The molecular weight excluding hydrogens is 305 g/mol. The van der Waals surface area contributed by atoms with E-state index in [1.165, 1.54) is 12.1 Å². The number of carbonyl (C=O) groups excluding carboxylic acids is 1. The Balaban J connectivity index is 1.91. The van der Waals surface area contributed by atoms with Crippen molar-refractivity contribution in [2.45, 2.75) is 18.7 Å². The van der Waals surface area contributed by atoms with Crippen LogP contribution >= 0.6 is 0 Å². The minimum Gasteiger partial charge on any atom is -0.454 e. The summed E-state index contributed by atoms with van der Waals surface area (Å²) in [5.41, 5.74) is 1.21. The van der Waals surface area contributed by atoms with E-state index in [-0.39, 0.29) is 0 Å². The number of benzene rings is 2. The van der Waals surface area contributed by atoms with Gasteiger partial charge in [-0.05, 0) is 28.8 Å².